The van der Waals surface area contributed by atoms with E-state index in [-0.39, 0.29) is 0 Å². The summed E-state index contributed by atoms with van der Waals surface area (Å²) in [5, 5.41) is 3.44. The van der Waals surface area contributed by atoms with Crippen molar-refractivity contribution in [3.63, 3.8) is 0 Å². The number of benzene rings is 1. The summed E-state index contributed by atoms with van der Waals surface area (Å²) in [6.07, 6.45) is 2.88. The average Bonchev–Trinajstić information content (AvgIpc) is 2.50. The molecule has 0 aliphatic rings. The SMILES string of the molecule is CCOc1ccc(CNCc2ncccc2CC)cc1. The van der Waals surface area contributed by atoms with Crippen LogP contribution in [0.5, 0.6) is 5.75 Å². The zero-order chi connectivity index (χ0) is 14.2. The number of aromatic nitrogens is 1. The number of hydrogen-bond acceptors (Lipinski definition) is 3. The predicted octanol–water partition coefficient (Wildman–Crippen LogP) is 3.33. The molecule has 1 heterocycles. The van der Waals surface area contributed by atoms with E-state index in [4.69, 9.17) is 4.74 Å². The van der Waals surface area contributed by atoms with E-state index in [9.17, 15) is 0 Å². The van der Waals surface area contributed by atoms with Crippen LogP contribution >= 0.6 is 0 Å². The molecule has 0 bridgehead atoms. The summed E-state index contributed by atoms with van der Waals surface area (Å²) < 4.78 is 5.43. The Balaban J connectivity index is 1.86. The van der Waals surface area contributed by atoms with E-state index in [0.717, 1.165) is 31.0 Å². The number of pyridine rings is 1. The highest BCUT2D eigenvalue weighted by Crippen LogP contribution is 2.12. The molecular formula is C17H22N2O. The van der Waals surface area contributed by atoms with Gasteiger partial charge in [-0.2, -0.15) is 0 Å². The summed E-state index contributed by atoms with van der Waals surface area (Å²) in [5.41, 5.74) is 3.70. The van der Waals surface area contributed by atoms with Crippen molar-refractivity contribution in [2.45, 2.75) is 33.4 Å². The van der Waals surface area contributed by atoms with E-state index in [2.05, 4.69) is 35.4 Å². The fraction of sp³-hybridized carbons (Fsp3) is 0.353. The van der Waals surface area contributed by atoms with Crippen molar-refractivity contribution in [2.24, 2.45) is 0 Å². The molecule has 0 radical (unpaired) electrons. The summed E-state index contributed by atoms with van der Waals surface area (Å²) in [7, 11) is 0. The molecule has 1 N–H and O–H groups in total. The third-order valence-electron chi connectivity index (χ3n) is 3.22. The van der Waals surface area contributed by atoms with E-state index in [1.165, 1.54) is 11.1 Å². The minimum atomic E-state index is 0.705. The Kier molecular flexibility index (Phi) is 5.56. The number of nitrogens with one attached hydrogen (secondary N) is 1. The van der Waals surface area contributed by atoms with Gasteiger partial charge in [0.05, 0.1) is 12.3 Å². The van der Waals surface area contributed by atoms with Gasteiger partial charge >= 0.3 is 0 Å². The van der Waals surface area contributed by atoms with Crippen LogP contribution in [0.1, 0.15) is 30.7 Å². The minimum absolute atomic E-state index is 0.705. The lowest BCUT2D eigenvalue weighted by Gasteiger charge is -2.09. The van der Waals surface area contributed by atoms with Crippen molar-refractivity contribution in [3.05, 3.63) is 59.4 Å². The molecular weight excluding hydrogens is 248 g/mol. The topological polar surface area (TPSA) is 34.1 Å². The molecule has 0 amide bonds. The summed E-state index contributed by atoms with van der Waals surface area (Å²) in [6, 6.07) is 12.3. The first-order valence-electron chi connectivity index (χ1n) is 7.18. The van der Waals surface area contributed by atoms with E-state index >= 15 is 0 Å². The lowest BCUT2D eigenvalue weighted by Crippen LogP contribution is -2.15. The molecule has 0 spiro atoms. The van der Waals surface area contributed by atoms with Crippen LogP contribution in [-0.4, -0.2) is 11.6 Å². The van der Waals surface area contributed by atoms with Gasteiger partial charge in [0.25, 0.3) is 0 Å². The molecule has 3 nitrogen and oxygen atoms in total. The van der Waals surface area contributed by atoms with Gasteiger partial charge in [0.1, 0.15) is 5.75 Å². The lowest BCUT2D eigenvalue weighted by atomic mass is 10.1. The van der Waals surface area contributed by atoms with Gasteiger partial charge < -0.3 is 10.1 Å². The number of hydrogen-bond donors (Lipinski definition) is 1. The maximum absolute atomic E-state index is 5.43. The molecule has 0 unspecified atom stereocenters. The van der Waals surface area contributed by atoms with Gasteiger partial charge in [-0.05, 0) is 42.7 Å². The smallest absolute Gasteiger partial charge is 0.119 e. The first kappa shape index (κ1) is 14.5. The zero-order valence-corrected chi connectivity index (χ0v) is 12.2. The first-order valence-corrected chi connectivity index (χ1v) is 7.18. The van der Waals surface area contributed by atoms with E-state index in [0.29, 0.717) is 6.61 Å². The Bertz CT molecular complexity index is 523. The minimum Gasteiger partial charge on any atom is -0.494 e. The van der Waals surface area contributed by atoms with Gasteiger partial charge in [0.15, 0.2) is 0 Å². The first-order chi connectivity index (χ1) is 9.83. The molecule has 106 valence electrons. The van der Waals surface area contributed by atoms with Gasteiger partial charge in [0, 0.05) is 19.3 Å². The Hall–Kier alpha value is -1.87. The standard InChI is InChI=1S/C17H22N2O/c1-3-15-6-5-11-19-17(15)13-18-12-14-7-9-16(10-8-14)20-4-2/h5-11,18H,3-4,12-13H2,1-2H3. The van der Waals surface area contributed by atoms with Crippen molar-refractivity contribution in [1.29, 1.82) is 0 Å². The Morgan fingerprint density at radius 2 is 1.85 bits per heavy atom. The zero-order valence-electron chi connectivity index (χ0n) is 12.2. The summed E-state index contributed by atoms with van der Waals surface area (Å²) >= 11 is 0. The second-order valence-corrected chi connectivity index (χ2v) is 4.64. The van der Waals surface area contributed by atoms with Crippen LogP contribution in [0, 0.1) is 0 Å². The number of nitrogens with zero attached hydrogens (tertiary/aromatic N) is 1. The molecule has 0 fully saturated rings. The highest BCUT2D eigenvalue weighted by atomic mass is 16.5. The molecule has 0 aliphatic heterocycles. The van der Waals surface area contributed by atoms with E-state index in [1.807, 2.05) is 31.3 Å². The fourth-order valence-corrected chi connectivity index (χ4v) is 2.15. The molecule has 3 heteroatoms. The molecule has 1 aromatic carbocycles. The summed E-state index contributed by atoms with van der Waals surface area (Å²) in [5.74, 6) is 0.925. The second-order valence-electron chi connectivity index (χ2n) is 4.64. The van der Waals surface area contributed by atoms with Crippen molar-refractivity contribution >= 4 is 0 Å². The fourth-order valence-electron chi connectivity index (χ4n) is 2.15. The number of rotatable bonds is 7. The van der Waals surface area contributed by atoms with Gasteiger partial charge in [-0.15, -0.1) is 0 Å². The summed E-state index contributed by atoms with van der Waals surface area (Å²) in [6.45, 7) is 6.50. The van der Waals surface area contributed by atoms with E-state index in [1.54, 1.807) is 0 Å². The highest BCUT2D eigenvalue weighted by molar-refractivity contribution is 5.27. The van der Waals surface area contributed by atoms with Crippen LogP contribution in [0.2, 0.25) is 0 Å². The maximum atomic E-state index is 5.43. The van der Waals surface area contributed by atoms with Crippen molar-refractivity contribution in [2.75, 3.05) is 6.61 Å². The van der Waals surface area contributed by atoms with Crippen molar-refractivity contribution < 1.29 is 4.74 Å². The Morgan fingerprint density at radius 3 is 2.55 bits per heavy atom. The average molecular weight is 270 g/mol. The second kappa shape index (κ2) is 7.65. The number of aryl methyl sites for hydroxylation is 1. The normalized spacial score (nSPS) is 10.5. The molecule has 0 saturated carbocycles. The lowest BCUT2D eigenvalue weighted by molar-refractivity contribution is 0.340. The van der Waals surface area contributed by atoms with Crippen LogP contribution in [-0.2, 0) is 19.5 Å². The van der Waals surface area contributed by atoms with Gasteiger partial charge in [-0.1, -0.05) is 25.1 Å². The van der Waals surface area contributed by atoms with Gasteiger partial charge in [-0.25, -0.2) is 0 Å². The van der Waals surface area contributed by atoms with Crippen LogP contribution in [0.3, 0.4) is 0 Å². The van der Waals surface area contributed by atoms with Crippen LogP contribution in [0.4, 0.5) is 0 Å². The van der Waals surface area contributed by atoms with Crippen LogP contribution in [0.15, 0.2) is 42.6 Å². The van der Waals surface area contributed by atoms with Crippen LogP contribution in [0.25, 0.3) is 0 Å². The molecule has 0 aliphatic carbocycles. The molecule has 2 rings (SSSR count). The van der Waals surface area contributed by atoms with E-state index < -0.39 is 0 Å². The Morgan fingerprint density at radius 1 is 1.05 bits per heavy atom. The molecule has 1 aromatic heterocycles. The predicted molar refractivity (Wildman–Crippen MR) is 81.8 cm³/mol. The van der Waals surface area contributed by atoms with Crippen LogP contribution < -0.4 is 10.1 Å². The molecule has 2 aromatic rings. The third kappa shape index (κ3) is 4.07. The monoisotopic (exact) mass is 270 g/mol. The summed E-state index contributed by atoms with van der Waals surface area (Å²) in [4.78, 5) is 4.44. The molecule has 20 heavy (non-hydrogen) atoms. The van der Waals surface area contributed by atoms with Gasteiger partial charge in [0.2, 0.25) is 0 Å². The van der Waals surface area contributed by atoms with Crippen molar-refractivity contribution in [1.82, 2.24) is 10.3 Å². The largest absolute Gasteiger partial charge is 0.494 e. The number of ether oxygens (including phenoxy) is 1. The highest BCUT2D eigenvalue weighted by Gasteiger charge is 2.01. The van der Waals surface area contributed by atoms with Crippen molar-refractivity contribution in [3.8, 4) is 5.75 Å². The maximum Gasteiger partial charge on any atom is 0.119 e. The van der Waals surface area contributed by atoms with Gasteiger partial charge in [-0.3, -0.25) is 4.98 Å². The molecule has 0 saturated heterocycles. The third-order valence-corrected chi connectivity index (χ3v) is 3.22. The molecule has 0 atom stereocenters. The quantitative estimate of drug-likeness (QED) is 0.838. The Labute approximate surface area is 121 Å².